The molecule has 1 aliphatic rings. The standard InChI is InChI=1S/C16H19N5O3.ClH/c1-11-8-12(9-17)10-19(11)16(22)15-6-7-20(18-15)13-2-4-14(5-3-13)21(23)24;/h2-7,11-12H,8-10,17H2,1H3;1H. The first kappa shape index (κ1) is 18.9. The lowest BCUT2D eigenvalue weighted by atomic mass is 10.1. The first-order valence-electron chi connectivity index (χ1n) is 7.81. The maximum absolute atomic E-state index is 12.6. The molecule has 0 aliphatic carbocycles. The van der Waals surface area contributed by atoms with Gasteiger partial charge in [-0.3, -0.25) is 14.9 Å². The molecule has 2 heterocycles. The lowest BCUT2D eigenvalue weighted by Crippen LogP contribution is -2.34. The Morgan fingerprint density at radius 3 is 2.60 bits per heavy atom. The molecule has 9 heteroatoms. The number of likely N-dealkylation sites (tertiary alicyclic amines) is 1. The highest BCUT2D eigenvalue weighted by atomic mass is 35.5. The van der Waals surface area contributed by atoms with Crippen LogP contribution in [0, 0.1) is 16.0 Å². The fourth-order valence-electron chi connectivity index (χ4n) is 3.05. The molecule has 0 spiro atoms. The molecule has 25 heavy (non-hydrogen) atoms. The van der Waals surface area contributed by atoms with Crippen LogP contribution in [0.5, 0.6) is 0 Å². The maximum atomic E-state index is 12.6. The summed E-state index contributed by atoms with van der Waals surface area (Å²) in [5.41, 5.74) is 6.74. The van der Waals surface area contributed by atoms with E-state index in [-0.39, 0.29) is 30.0 Å². The van der Waals surface area contributed by atoms with Crippen molar-refractivity contribution in [2.75, 3.05) is 13.1 Å². The third kappa shape index (κ3) is 3.80. The van der Waals surface area contributed by atoms with E-state index >= 15 is 0 Å². The maximum Gasteiger partial charge on any atom is 0.274 e. The van der Waals surface area contributed by atoms with Crippen LogP contribution in [0.3, 0.4) is 0 Å². The second kappa shape index (κ2) is 7.62. The molecule has 0 radical (unpaired) electrons. The summed E-state index contributed by atoms with van der Waals surface area (Å²) < 4.78 is 1.54. The van der Waals surface area contributed by atoms with Gasteiger partial charge in [0.05, 0.1) is 10.6 Å². The van der Waals surface area contributed by atoms with Gasteiger partial charge in [0.2, 0.25) is 0 Å². The zero-order valence-corrected chi connectivity index (χ0v) is 14.6. The van der Waals surface area contributed by atoms with Gasteiger partial charge in [0.25, 0.3) is 11.6 Å². The highest BCUT2D eigenvalue weighted by Crippen LogP contribution is 2.24. The third-order valence-electron chi connectivity index (χ3n) is 4.39. The van der Waals surface area contributed by atoms with E-state index in [0.29, 0.717) is 30.4 Å². The Labute approximate surface area is 151 Å². The van der Waals surface area contributed by atoms with E-state index in [4.69, 9.17) is 5.73 Å². The Morgan fingerprint density at radius 1 is 1.36 bits per heavy atom. The van der Waals surface area contributed by atoms with Gasteiger partial charge in [-0.2, -0.15) is 5.10 Å². The predicted octanol–water partition coefficient (Wildman–Crippen LogP) is 2.01. The number of nitrogens with zero attached hydrogens (tertiary/aromatic N) is 4. The molecule has 1 fully saturated rings. The Kier molecular flexibility index (Phi) is 5.76. The largest absolute Gasteiger partial charge is 0.334 e. The van der Waals surface area contributed by atoms with Crippen LogP contribution in [0.4, 0.5) is 5.69 Å². The van der Waals surface area contributed by atoms with Crippen molar-refractivity contribution in [3.63, 3.8) is 0 Å². The van der Waals surface area contributed by atoms with Crippen molar-refractivity contribution in [3.8, 4) is 5.69 Å². The van der Waals surface area contributed by atoms with E-state index in [0.717, 1.165) is 6.42 Å². The molecule has 2 aromatic rings. The van der Waals surface area contributed by atoms with Crippen LogP contribution in [0.25, 0.3) is 5.69 Å². The van der Waals surface area contributed by atoms with Gasteiger partial charge < -0.3 is 10.6 Å². The van der Waals surface area contributed by atoms with E-state index in [1.807, 2.05) is 6.92 Å². The minimum Gasteiger partial charge on any atom is -0.334 e. The van der Waals surface area contributed by atoms with Crippen LogP contribution in [0.15, 0.2) is 36.5 Å². The molecule has 1 aromatic heterocycles. The molecule has 1 saturated heterocycles. The number of amides is 1. The number of carbonyl (C=O) groups is 1. The summed E-state index contributed by atoms with van der Waals surface area (Å²) in [5.74, 6) is 0.222. The summed E-state index contributed by atoms with van der Waals surface area (Å²) in [6, 6.07) is 7.83. The first-order chi connectivity index (χ1) is 11.5. The van der Waals surface area contributed by atoms with E-state index in [9.17, 15) is 14.9 Å². The minimum absolute atomic E-state index is 0. The number of nitrogens with two attached hydrogens (primary N) is 1. The quantitative estimate of drug-likeness (QED) is 0.658. The Balaban J connectivity index is 0.00000225. The molecule has 1 aromatic carbocycles. The second-order valence-electron chi connectivity index (χ2n) is 6.06. The minimum atomic E-state index is -0.454. The van der Waals surface area contributed by atoms with Crippen LogP contribution < -0.4 is 5.73 Å². The molecular formula is C16H20ClN5O3. The van der Waals surface area contributed by atoms with Gasteiger partial charge in [-0.05, 0) is 44.0 Å². The number of nitro benzene ring substituents is 1. The van der Waals surface area contributed by atoms with Crippen LogP contribution >= 0.6 is 12.4 Å². The molecule has 134 valence electrons. The normalized spacial score (nSPS) is 19.5. The number of halogens is 1. The van der Waals surface area contributed by atoms with Gasteiger partial charge in [0, 0.05) is 30.9 Å². The third-order valence-corrected chi connectivity index (χ3v) is 4.39. The smallest absolute Gasteiger partial charge is 0.274 e. The summed E-state index contributed by atoms with van der Waals surface area (Å²) >= 11 is 0. The van der Waals surface area contributed by atoms with Crippen LogP contribution in [0.1, 0.15) is 23.8 Å². The van der Waals surface area contributed by atoms with Gasteiger partial charge in [0.15, 0.2) is 5.69 Å². The van der Waals surface area contributed by atoms with Crippen molar-refractivity contribution in [2.45, 2.75) is 19.4 Å². The summed E-state index contributed by atoms with van der Waals surface area (Å²) in [6.07, 6.45) is 2.58. The Bertz CT molecular complexity index is 761. The fraction of sp³-hybridized carbons (Fsp3) is 0.375. The average molecular weight is 366 g/mol. The molecule has 2 atom stereocenters. The summed E-state index contributed by atoms with van der Waals surface area (Å²) in [7, 11) is 0. The highest BCUT2D eigenvalue weighted by molar-refractivity contribution is 5.92. The lowest BCUT2D eigenvalue weighted by molar-refractivity contribution is -0.384. The SMILES string of the molecule is CC1CC(CN)CN1C(=O)c1ccn(-c2ccc([N+](=O)[O-])cc2)n1.Cl. The monoisotopic (exact) mass is 365 g/mol. The number of hydrogen-bond acceptors (Lipinski definition) is 5. The van der Waals surface area contributed by atoms with Crippen molar-refractivity contribution in [1.82, 2.24) is 14.7 Å². The van der Waals surface area contributed by atoms with Crippen molar-refractivity contribution < 1.29 is 9.72 Å². The van der Waals surface area contributed by atoms with Crippen molar-refractivity contribution in [3.05, 3.63) is 52.3 Å². The van der Waals surface area contributed by atoms with E-state index in [1.165, 1.54) is 16.8 Å². The molecule has 0 saturated carbocycles. The molecule has 8 nitrogen and oxygen atoms in total. The molecule has 0 bridgehead atoms. The second-order valence-corrected chi connectivity index (χ2v) is 6.06. The summed E-state index contributed by atoms with van der Waals surface area (Å²) in [5, 5.41) is 15.0. The van der Waals surface area contributed by atoms with Crippen LogP contribution in [0.2, 0.25) is 0 Å². The van der Waals surface area contributed by atoms with Crippen molar-refractivity contribution >= 4 is 24.0 Å². The van der Waals surface area contributed by atoms with Gasteiger partial charge in [-0.1, -0.05) is 0 Å². The van der Waals surface area contributed by atoms with Gasteiger partial charge >= 0.3 is 0 Å². The number of carbonyl (C=O) groups excluding carboxylic acids is 1. The number of hydrogen-bond donors (Lipinski definition) is 1. The van der Waals surface area contributed by atoms with E-state index in [2.05, 4.69) is 5.10 Å². The number of benzene rings is 1. The van der Waals surface area contributed by atoms with Crippen molar-refractivity contribution in [1.29, 1.82) is 0 Å². The molecule has 1 amide bonds. The Morgan fingerprint density at radius 2 is 2.04 bits per heavy atom. The van der Waals surface area contributed by atoms with Gasteiger partial charge in [-0.25, -0.2) is 4.68 Å². The van der Waals surface area contributed by atoms with E-state index in [1.54, 1.807) is 29.3 Å². The molecule has 2 unspecified atom stereocenters. The Hall–Kier alpha value is -2.45. The molecule has 3 rings (SSSR count). The van der Waals surface area contributed by atoms with Gasteiger partial charge in [0.1, 0.15) is 0 Å². The zero-order chi connectivity index (χ0) is 17.3. The lowest BCUT2D eigenvalue weighted by Gasteiger charge is -2.20. The number of rotatable bonds is 4. The number of nitro groups is 1. The highest BCUT2D eigenvalue weighted by Gasteiger charge is 2.33. The first-order valence-corrected chi connectivity index (χ1v) is 7.81. The molecular weight excluding hydrogens is 346 g/mol. The topological polar surface area (TPSA) is 107 Å². The summed E-state index contributed by atoms with van der Waals surface area (Å²) in [6.45, 7) is 3.24. The predicted molar refractivity (Wildman–Crippen MR) is 95.1 cm³/mol. The molecule has 1 aliphatic heterocycles. The van der Waals surface area contributed by atoms with Gasteiger partial charge in [-0.15, -0.1) is 12.4 Å². The molecule has 2 N–H and O–H groups in total. The van der Waals surface area contributed by atoms with Crippen LogP contribution in [-0.2, 0) is 0 Å². The van der Waals surface area contributed by atoms with Crippen LogP contribution in [-0.4, -0.2) is 44.6 Å². The average Bonchev–Trinajstić information content (AvgIpc) is 3.21. The summed E-state index contributed by atoms with van der Waals surface area (Å²) in [4.78, 5) is 24.7. The zero-order valence-electron chi connectivity index (χ0n) is 13.7. The number of non-ortho nitro benzene ring substituents is 1. The fourth-order valence-corrected chi connectivity index (χ4v) is 3.05. The van der Waals surface area contributed by atoms with Crippen molar-refractivity contribution in [2.24, 2.45) is 11.7 Å². The number of aromatic nitrogens is 2. The van der Waals surface area contributed by atoms with E-state index < -0.39 is 4.92 Å².